The maximum atomic E-state index is 11.8. The summed E-state index contributed by atoms with van der Waals surface area (Å²) in [5, 5.41) is 4.98. The van der Waals surface area contributed by atoms with E-state index in [-0.39, 0.29) is 5.91 Å². The van der Waals surface area contributed by atoms with Crippen molar-refractivity contribution in [1.82, 2.24) is 10.4 Å². The van der Waals surface area contributed by atoms with Crippen LogP contribution < -0.4 is 5.43 Å². The number of hydrazone groups is 1. The van der Waals surface area contributed by atoms with Crippen LogP contribution in [-0.2, 0) is 9.53 Å². The quantitative estimate of drug-likeness (QED) is 0.840. The Morgan fingerprint density at radius 3 is 3.05 bits per heavy atom. The van der Waals surface area contributed by atoms with Crippen LogP contribution in [0, 0.1) is 0 Å². The number of carbonyl (C=O) groups excluding carboxylic acids is 1. The standard InChI is InChI=1S/C15H15N3O2/c1-2-7-20-15-12(14(19)17-18-15)8-10-9-16-13-6-4-3-5-11(10)13/h3-6,8-9,16H,2,7H2,1H3,(H,17,19)/b12-8+. The number of H-pyrrole nitrogens is 1. The first kappa shape index (κ1) is 12.5. The molecule has 1 amide bonds. The van der Waals surface area contributed by atoms with E-state index >= 15 is 0 Å². The van der Waals surface area contributed by atoms with Crippen LogP contribution in [0.15, 0.2) is 41.1 Å². The summed E-state index contributed by atoms with van der Waals surface area (Å²) in [7, 11) is 0. The van der Waals surface area contributed by atoms with Gasteiger partial charge in [0.2, 0.25) is 5.90 Å². The van der Waals surface area contributed by atoms with Crippen LogP contribution in [0.4, 0.5) is 0 Å². The highest BCUT2D eigenvalue weighted by molar-refractivity contribution is 6.25. The molecule has 0 unspecified atom stereocenters. The molecule has 1 aromatic carbocycles. The van der Waals surface area contributed by atoms with Gasteiger partial charge >= 0.3 is 0 Å². The fourth-order valence-corrected chi connectivity index (χ4v) is 2.12. The molecule has 0 saturated heterocycles. The highest BCUT2D eigenvalue weighted by atomic mass is 16.5. The van der Waals surface area contributed by atoms with Crippen molar-refractivity contribution in [3.05, 3.63) is 41.6 Å². The van der Waals surface area contributed by atoms with Crippen molar-refractivity contribution in [3.63, 3.8) is 0 Å². The lowest BCUT2D eigenvalue weighted by atomic mass is 10.1. The molecule has 1 aliphatic rings. The first-order chi connectivity index (χ1) is 9.79. The molecule has 3 rings (SSSR count). The number of benzene rings is 1. The second-order valence-electron chi connectivity index (χ2n) is 4.55. The summed E-state index contributed by atoms with van der Waals surface area (Å²) in [6.45, 7) is 2.55. The fraction of sp³-hybridized carbons (Fsp3) is 0.200. The van der Waals surface area contributed by atoms with E-state index in [0.29, 0.717) is 18.1 Å². The number of hydrogen-bond donors (Lipinski definition) is 2. The minimum absolute atomic E-state index is 0.235. The van der Waals surface area contributed by atoms with Gasteiger partial charge in [-0.1, -0.05) is 25.1 Å². The number of aromatic amines is 1. The van der Waals surface area contributed by atoms with E-state index in [2.05, 4.69) is 15.5 Å². The zero-order valence-electron chi connectivity index (χ0n) is 11.1. The summed E-state index contributed by atoms with van der Waals surface area (Å²) in [6, 6.07) is 7.94. The van der Waals surface area contributed by atoms with Crippen LogP contribution in [0.2, 0.25) is 0 Å². The minimum Gasteiger partial charge on any atom is -0.476 e. The summed E-state index contributed by atoms with van der Waals surface area (Å²) < 4.78 is 5.48. The molecule has 0 aliphatic carbocycles. The molecule has 0 spiro atoms. The van der Waals surface area contributed by atoms with Crippen molar-refractivity contribution in [2.45, 2.75) is 13.3 Å². The molecule has 2 heterocycles. The Morgan fingerprint density at radius 2 is 2.20 bits per heavy atom. The fourth-order valence-electron chi connectivity index (χ4n) is 2.12. The lowest BCUT2D eigenvalue weighted by Crippen LogP contribution is -2.14. The SMILES string of the molecule is CCCOC1=NNC(=O)/C1=C\c1c[nH]c2ccccc12. The number of hydrogen-bond acceptors (Lipinski definition) is 3. The number of carbonyl (C=O) groups is 1. The van der Waals surface area contributed by atoms with Gasteiger partial charge in [-0.05, 0) is 18.6 Å². The Kier molecular flexibility index (Phi) is 3.25. The molecule has 1 aliphatic heterocycles. The minimum atomic E-state index is -0.235. The Balaban J connectivity index is 1.97. The van der Waals surface area contributed by atoms with E-state index in [1.807, 2.05) is 37.4 Å². The molecule has 0 atom stereocenters. The molecule has 1 aromatic heterocycles. The van der Waals surface area contributed by atoms with Gasteiger partial charge in [0, 0.05) is 22.7 Å². The van der Waals surface area contributed by atoms with Gasteiger partial charge in [-0.25, -0.2) is 5.43 Å². The molecular weight excluding hydrogens is 254 g/mol. The van der Waals surface area contributed by atoms with Gasteiger partial charge in [0.25, 0.3) is 5.91 Å². The van der Waals surface area contributed by atoms with Crippen molar-refractivity contribution < 1.29 is 9.53 Å². The maximum absolute atomic E-state index is 11.8. The molecule has 20 heavy (non-hydrogen) atoms. The molecular formula is C15H15N3O2. The molecule has 0 saturated carbocycles. The van der Waals surface area contributed by atoms with Crippen molar-refractivity contribution >= 4 is 28.8 Å². The van der Waals surface area contributed by atoms with E-state index in [1.54, 1.807) is 6.08 Å². The average molecular weight is 269 g/mol. The Bertz CT molecular complexity index is 713. The first-order valence-corrected chi connectivity index (χ1v) is 6.58. The number of fused-ring (bicyclic) bond motifs is 1. The van der Waals surface area contributed by atoms with Crippen molar-refractivity contribution in [3.8, 4) is 0 Å². The molecule has 2 N–H and O–H groups in total. The number of nitrogens with zero attached hydrogens (tertiary/aromatic N) is 1. The van der Waals surface area contributed by atoms with Crippen LogP contribution >= 0.6 is 0 Å². The van der Waals surface area contributed by atoms with Crippen LogP contribution in [0.5, 0.6) is 0 Å². The maximum Gasteiger partial charge on any atom is 0.277 e. The second kappa shape index (κ2) is 5.21. The normalized spacial score (nSPS) is 16.6. The summed E-state index contributed by atoms with van der Waals surface area (Å²) >= 11 is 0. The van der Waals surface area contributed by atoms with Gasteiger partial charge in [-0.15, -0.1) is 5.10 Å². The monoisotopic (exact) mass is 269 g/mol. The van der Waals surface area contributed by atoms with Crippen LogP contribution in [-0.4, -0.2) is 23.4 Å². The third-order valence-corrected chi connectivity index (χ3v) is 3.10. The number of aromatic nitrogens is 1. The second-order valence-corrected chi connectivity index (χ2v) is 4.55. The van der Waals surface area contributed by atoms with E-state index in [1.165, 1.54) is 0 Å². The van der Waals surface area contributed by atoms with Gasteiger partial charge < -0.3 is 9.72 Å². The van der Waals surface area contributed by atoms with E-state index < -0.39 is 0 Å². The topological polar surface area (TPSA) is 66.5 Å². The van der Waals surface area contributed by atoms with Gasteiger partial charge in [0.05, 0.1) is 6.61 Å². The van der Waals surface area contributed by atoms with Gasteiger partial charge in [-0.3, -0.25) is 4.79 Å². The van der Waals surface area contributed by atoms with Gasteiger partial charge in [-0.2, -0.15) is 0 Å². The number of ether oxygens (including phenoxy) is 1. The number of amides is 1. The number of rotatable bonds is 3. The lowest BCUT2D eigenvalue weighted by Gasteiger charge is -2.03. The van der Waals surface area contributed by atoms with E-state index in [4.69, 9.17) is 4.74 Å². The smallest absolute Gasteiger partial charge is 0.277 e. The van der Waals surface area contributed by atoms with Gasteiger partial charge in [0.15, 0.2) is 0 Å². The Morgan fingerprint density at radius 1 is 1.35 bits per heavy atom. The lowest BCUT2D eigenvalue weighted by molar-refractivity contribution is -0.116. The summed E-state index contributed by atoms with van der Waals surface area (Å²) in [4.78, 5) is 15.0. The Hall–Kier alpha value is -2.56. The van der Waals surface area contributed by atoms with Crippen molar-refractivity contribution in [2.24, 2.45) is 5.10 Å². The molecule has 0 fully saturated rings. The van der Waals surface area contributed by atoms with Crippen molar-refractivity contribution in [2.75, 3.05) is 6.61 Å². The highest BCUT2D eigenvalue weighted by Gasteiger charge is 2.24. The highest BCUT2D eigenvalue weighted by Crippen LogP contribution is 2.22. The molecule has 102 valence electrons. The molecule has 0 bridgehead atoms. The zero-order chi connectivity index (χ0) is 13.9. The molecule has 0 radical (unpaired) electrons. The first-order valence-electron chi connectivity index (χ1n) is 6.58. The Labute approximate surface area is 116 Å². The number of para-hydroxylation sites is 1. The summed E-state index contributed by atoms with van der Waals surface area (Å²) in [5.41, 5.74) is 4.87. The van der Waals surface area contributed by atoms with E-state index in [9.17, 15) is 4.79 Å². The third-order valence-electron chi connectivity index (χ3n) is 3.10. The van der Waals surface area contributed by atoms with Crippen molar-refractivity contribution in [1.29, 1.82) is 0 Å². The van der Waals surface area contributed by atoms with Crippen LogP contribution in [0.1, 0.15) is 18.9 Å². The van der Waals surface area contributed by atoms with Gasteiger partial charge in [0.1, 0.15) is 5.57 Å². The van der Waals surface area contributed by atoms with E-state index in [0.717, 1.165) is 22.9 Å². The summed E-state index contributed by atoms with van der Waals surface area (Å²) in [5.74, 6) is 0.128. The third kappa shape index (κ3) is 2.18. The molecule has 5 nitrogen and oxygen atoms in total. The van der Waals surface area contributed by atoms with Crippen LogP contribution in [0.25, 0.3) is 17.0 Å². The predicted octanol–water partition coefficient (Wildman–Crippen LogP) is 2.42. The number of nitrogens with one attached hydrogen (secondary N) is 2. The zero-order valence-corrected chi connectivity index (χ0v) is 11.1. The molecule has 5 heteroatoms. The predicted molar refractivity (Wildman–Crippen MR) is 78.1 cm³/mol. The summed E-state index contributed by atoms with van der Waals surface area (Å²) in [6.07, 6.45) is 4.55. The molecule has 2 aromatic rings. The van der Waals surface area contributed by atoms with Crippen LogP contribution in [0.3, 0.4) is 0 Å². The average Bonchev–Trinajstić information content (AvgIpc) is 3.03. The largest absolute Gasteiger partial charge is 0.476 e.